The average Bonchev–Trinajstić information content (AvgIpc) is 2.82. The van der Waals surface area contributed by atoms with Gasteiger partial charge in [-0.2, -0.15) is 13.7 Å². The van der Waals surface area contributed by atoms with Gasteiger partial charge in [0.2, 0.25) is 0 Å². The summed E-state index contributed by atoms with van der Waals surface area (Å²) in [6.45, 7) is 1.97. The van der Waals surface area contributed by atoms with Crippen LogP contribution in [0.25, 0.3) is 6.08 Å². The molecule has 0 aromatic heterocycles. The minimum Gasteiger partial charge on any atom is -0.508 e. The Balaban J connectivity index is 1.93. The first-order chi connectivity index (χ1) is 16.2. The van der Waals surface area contributed by atoms with Crippen LogP contribution in [-0.4, -0.2) is 26.0 Å². The van der Waals surface area contributed by atoms with Crippen molar-refractivity contribution in [2.45, 2.75) is 11.8 Å². The van der Waals surface area contributed by atoms with Crippen LogP contribution in [0.15, 0.2) is 77.2 Å². The van der Waals surface area contributed by atoms with Gasteiger partial charge in [-0.3, -0.25) is 4.79 Å². The molecule has 0 aliphatic heterocycles. The van der Waals surface area contributed by atoms with Crippen molar-refractivity contribution in [1.82, 2.24) is 0 Å². The van der Waals surface area contributed by atoms with Crippen LogP contribution in [0.2, 0.25) is 0 Å². The van der Waals surface area contributed by atoms with Gasteiger partial charge >= 0.3 is 10.1 Å². The van der Waals surface area contributed by atoms with E-state index in [2.05, 4.69) is 5.32 Å². The molecule has 0 heterocycles. The Morgan fingerprint density at radius 3 is 2.44 bits per heavy atom. The number of phenols is 1. The van der Waals surface area contributed by atoms with Gasteiger partial charge in [0, 0.05) is 5.69 Å². The highest BCUT2D eigenvalue weighted by Crippen LogP contribution is 2.37. The summed E-state index contributed by atoms with van der Waals surface area (Å²) in [4.78, 5) is 12.5. The molecule has 0 unspecified atom stereocenters. The van der Waals surface area contributed by atoms with E-state index in [4.69, 9.17) is 8.92 Å². The molecule has 2 N–H and O–H groups in total. The van der Waals surface area contributed by atoms with Crippen molar-refractivity contribution >= 4 is 50.4 Å². The number of nitrogens with one attached hydrogen (secondary N) is 1. The van der Waals surface area contributed by atoms with E-state index in [9.17, 15) is 23.6 Å². The monoisotopic (exact) mass is 590 g/mol. The summed E-state index contributed by atoms with van der Waals surface area (Å²) < 4.78 is 36.8. The number of hydrogen-bond donors (Lipinski definition) is 2. The van der Waals surface area contributed by atoms with E-state index in [1.807, 2.05) is 28.7 Å². The van der Waals surface area contributed by atoms with Crippen LogP contribution < -0.4 is 14.2 Å². The highest BCUT2D eigenvalue weighted by Gasteiger charge is 2.22. The molecule has 0 aliphatic carbocycles. The first-order valence-corrected chi connectivity index (χ1v) is 12.4. The Morgan fingerprint density at radius 2 is 1.82 bits per heavy atom. The summed E-state index contributed by atoms with van der Waals surface area (Å²) in [5.74, 6) is -0.441. The average molecular weight is 590 g/mol. The molecule has 0 spiro atoms. The number of aromatic hydroxyl groups is 1. The van der Waals surface area contributed by atoms with Crippen LogP contribution in [0.1, 0.15) is 12.5 Å². The highest BCUT2D eigenvalue weighted by molar-refractivity contribution is 14.1. The van der Waals surface area contributed by atoms with E-state index in [1.165, 1.54) is 48.5 Å². The molecule has 1 amide bonds. The maximum absolute atomic E-state index is 12.7. The first kappa shape index (κ1) is 25.1. The molecule has 174 valence electrons. The number of carbonyl (C=O) groups is 1. The molecule has 3 rings (SSSR count). The van der Waals surface area contributed by atoms with Gasteiger partial charge in [0.05, 0.1) is 10.2 Å². The number of ether oxygens (including phenoxy) is 1. The summed E-state index contributed by atoms with van der Waals surface area (Å²) in [7, 11) is -4.10. The number of halogens is 1. The maximum Gasteiger partial charge on any atom is 0.339 e. The normalized spacial score (nSPS) is 11.4. The fourth-order valence-corrected chi connectivity index (χ4v) is 4.68. The maximum atomic E-state index is 12.7. The lowest BCUT2D eigenvalue weighted by atomic mass is 10.1. The van der Waals surface area contributed by atoms with Crippen LogP contribution in [-0.2, 0) is 14.9 Å². The van der Waals surface area contributed by atoms with Gasteiger partial charge in [-0.1, -0.05) is 18.2 Å². The number of nitriles is 1. The molecule has 0 radical (unpaired) electrons. The predicted octanol–water partition coefficient (Wildman–Crippen LogP) is 4.71. The van der Waals surface area contributed by atoms with Gasteiger partial charge in [0.1, 0.15) is 22.3 Å². The molecule has 10 heteroatoms. The van der Waals surface area contributed by atoms with Gasteiger partial charge in [0.25, 0.3) is 5.91 Å². The van der Waals surface area contributed by atoms with E-state index in [0.29, 0.717) is 14.8 Å². The lowest BCUT2D eigenvalue weighted by molar-refractivity contribution is -0.112. The number of nitrogens with zero attached hydrogens (tertiary/aromatic N) is 1. The van der Waals surface area contributed by atoms with Crippen LogP contribution in [0.5, 0.6) is 17.2 Å². The lowest BCUT2D eigenvalue weighted by Crippen LogP contribution is -2.13. The third kappa shape index (κ3) is 6.27. The summed E-state index contributed by atoms with van der Waals surface area (Å²) in [5, 5.41) is 21.4. The highest BCUT2D eigenvalue weighted by atomic mass is 127. The summed E-state index contributed by atoms with van der Waals surface area (Å²) in [5.41, 5.74) is 0.662. The Hall–Kier alpha value is -3.56. The van der Waals surface area contributed by atoms with E-state index in [0.717, 1.165) is 0 Å². The number of benzene rings is 3. The molecule has 0 atom stereocenters. The molecule has 0 saturated heterocycles. The summed E-state index contributed by atoms with van der Waals surface area (Å²) in [6.07, 6.45) is 1.36. The van der Waals surface area contributed by atoms with E-state index in [1.54, 1.807) is 31.2 Å². The van der Waals surface area contributed by atoms with Crippen molar-refractivity contribution in [3.8, 4) is 23.3 Å². The number of rotatable bonds is 8. The Labute approximate surface area is 210 Å². The second-order valence-corrected chi connectivity index (χ2v) is 9.49. The fourth-order valence-electron chi connectivity index (χ4n) is 2.82. The Bertz CT molecular complexity index is 1370. The first-order valence-electron chi connectivity index (χ1n) is 9.91. The van der Waals surface area contributed by atoms with E-state index < -0.39 is 16.0 Å². The van der Waals surface area contributed by atoms with Crippen LogP contribution >= 0.6 is 22.6 Å². The van der Waals surface area contributed by atoms with Crippen molar-refractivity contribution in [3.63, 3.8) is 0 Å². The molecule has 8 nitrogen and oxygen atoms in total. The molecule has 0 fully saturated rings. The SMILES string of the molecule is CCOc1cc(/C=C(\C#N)C(=O)Nc2ccc(O)cc2)cc(I)c1OS(=O)(=O)c1ccccc1. The molecule has 3 aromatic carbocycles. The fraction of sp³-hybridized carbons (Fsp3) is 0.0833. The molecule has 0 saturated carbocycles. The van der Waals surface area contributed by atoms with Gasteiger partial charge in [-0.15, -0.1) is 0 Å². The molecular formula is C24H19IN2O6S. The summed E-state index contributed by atoms with van der Waals surface area (Å²) >= 11 is 1.90. The van der Waals surface area contributed by atoms with Crippen molar-refractivity contribution in [2.24, 2.45) is 0 Å². The third-order valence-corrected chi connectivity index (χ3v) is 6.39. The van der Waals surface area contributed by atoms with Crippen LogP contribution in [0.4, 0.5) is 5.69 Å². The minimum absolute atomic E-state index is 0.00473. The second-order valence-electron chi connectivity index (χ2n) is 6.78. The van der Waals surface area contributed by atoms with Crippen molar-refractivity contribution in [2.75, 3.05) is 11.9 Å². The number of carbonyl (C=O) groups excluding carboxylic acids is 1. The van der Waals surface area contributed by atoms with Crippen molar-refractivity contribution in [1.29, 1.82) is 5.26 Å². The Kier molecular flexibility index (Phi) is 8.14. The second kappa shape index (κ2) is 11.0. The number of phenolic OH excluding ortho intramolecular Hbond substituents is 1. The molecular weight excluding hydrogens is 571 g/mol. The molecule has 0 bridgehead atoms. The van der Waals surface area contributed by atoms with Gasteiger partial charge < -0.3 is 19.3 Å². The smallest absolute Gasteiger partial charge is 0.339 e. The Morgan fingerprint density at radius 1 is 1.15 bits per heavy atom. The van der Waals surface area contributed by atoms with Gasteiger partial charge in [-0.05, 0) is 89.7 Å². The quantitative estimate of drug-likeness (QED) is 0.128. The number of anilines is 1. The van der Waals surface area contributed by atoms with E-state index >= 15 is 0 Å². The number of hydrogen-bond acceptors (Lipinski definition) is 7. The van der Waals surface area contributed by atoms with Crippen LogP contribution in [0.3, 0.4) is 0 Å². The molecule has 34 heavy (non-hydrogen) atoms. The van der Waals surface area contributed by atoms with E-state index in [-0.39, 0.29) is 34.3 Å². The largest absolute Gasteiger partial charge is 0.508 e. The van der Waals surface area contributed by atoms with Crippen molar-refractivity contribution < 1.29 is 27.2 Å². The number of amides is 1. The van der Waals surface area contributed by atoms with Gasteiger partial charge in [0.15, 0.2) is 11.5 Å². The zero-order valence-electron chi connectivity index (χ0n) is 17.9. The predicted molar refractivity (Wildman–Crippen MR) is 135 cm³/mol. The molecule has 0 aliphatic rings. The topological polar surface area (TPSA) is 126 Å². The summed E-state index contributed by atoms with van der Waals surface area (Å²) in [6, 6.07) is 18.4. The standard InChI is InChI=1S/C24H19IN2O6S/c1-2-32-22-14-16(12-17(15-26)24(29)27-18-8-10-19(28)11-9-18)13-21(25)23(22)33-34(30,31)20-6-4-3-5-7-20/h3-14,28H,2H2,1H3,(H,27,29)/b17-12+. The van der Waals surface area contributed by atoms with Crippen molar-refractivity contribution in [3.05, 3.63) is 81.4 Å². The third-order valence-electron chi connectivity index (χ3n) is 4.36. The lowest BCUT2D eigenvalue weighted by Gasteiger charge is -2.14. The van der Waals surface area contributed by atoms with Gasteiger partial charge in [-0.25, -0.2) is 0 Å². The zero-order valence-corrected chi connectivity index (χ0v) is 20.8. The van der Waals surface area contributed by atoms with Crippen LogP contribution in [0, 0.1) is 14.9 Å². The molecule has 3 aromatic rings. The minimum atomic E-state index is -4.10. The zero-order chi connectivity index (χ0) is 24.7.